The fourth-order valence-electron chi connectivity index (χ4n) is 2.96. The van der Waals surface area contributed by atoms with E-state index >= 15 is 0 Å². The molecular weight excluding hydrogens is 333 g/mol. The molecule has 24 heavy (non-hydrogen) atoms. The van der Waals surface area contributed by atoms with Crippen LogP contribution in [0.25, 0.3) is 0 Å². The van der Waals surface area contributed by atoms with E-state index in [9.17, 15) is 9.18 Å². The molecule has 1 aliphatic carbocycles. The lowest BCUT2D eigenvalue weighted by atomic mass is 10.1. The van der Waals surface area contributed by atoms with Crippen LogP contribution in [0.1, 0.15) is 33.9 Å². The molecule has 1 aliphatic rings. The number of fused-ring (bicyclic) bond motifs is 1. The number of hydrogen-bond acceptors (Lipinski definition) is 3. The zero-order valence-electron chi connectivity index (χ0n) is 12.9. The van der Waals surface area contributed by atoms with Crippen LogP contribution in [0.4, 0.5) is 4.39 Å². The second-order valence-electron chi connectivity index (χ2n) is 5.59. The second-order valence-corrected chi connectivity index (χ2v) is 6.02. The van der Waals surface area contributed by atoms with Gasteiger partial charge in [0.25, 0.3) is 5.91 Å². The summed E-state index contributed by atoms with van der Waals surface area (Å²) in [5, 5.41) is 12.1. The minimum absolute atomic E-state index is 0.109. The number of benzene rings is 2. The molecule has 0 radical (unpaired) electrons. The third-order valence-corrected chi connectivity index (χ3v) is 4.26. The Morgan fingerprint density at radius 1 is 1.38 bits per heavy atom. The third kappa shape index (κ3) is 3.37. The highest BCUT2D eigenvalue weighted by molar-refractivity contribution is 6.30. The molecule has 1 atom stereocenters. The number of nitrogens with one attached hydrogen (secondary N) is 1. The van der Waals surface area contributed by atoms with E-state index in [1.165, 1.54) is 6.07 Å². The number of aliphatic hydroxyl groups excluding tert-OH is 1. The number of halogens is 2. The Morgan fingerprint density at radius 3 is 2.96 bits per heavy atom. The number of ether oxygens (including phenoxy) is 1. The summed E-state index contributed by atoms with van der Waals surface area (Å²) in [4.78, 5) is 12.6. The highest BCUT2D eigenvalue weighted by Crippen LogP contribution is 2.35. The topological polar surface area (TPSA) is 58.6 Å². The van der Waals surface area contributed by atoms with Gasteiger partial charge >= 0.3 is 0 Å². The van der Waals surface area contributed by atoms with Gasteiger partial charge in [-0.05, 0) is 48.2 Å². The van der Waals surface area contributed by atoms with Gasteiger partial charge in [0.15, 0.2) is 0 Å². The van der Waals surface area contributed by atoms with Gasteiger partial charge in [-0.2, -0.15) is 0 Å². The lowest BCUT2D eigenvalue weighted by Gasteiger charge is -2.16. The van der Waals surface area contributed by atoms with Crippen molar-refractivity contribution in [1.29, 1.82) is 0 Å². The number of rotatable bonds is 5. The van der Waals surface area contributed by atoms with Crippen molar-refractivity contribution >= 4 is 17.5 Å². The molecule has 0 bridgehead atoms. The molecule has 2 aromatic rings. The van der Waals surface area contributed by atoms with E-state index in [2.05, 4.69) is 5.32 Å². The Labute approximate surface area is 144 Å². The highest BCUT2D eigenvalue weighted by atomic mass is 35.5. The Hall–Kier alpha value is -2.11. The van der Waals surface area contributed by atoms with Gasteiger partial charge in [0.1, 0.15) is 18.2 Å². The van der Waals surface area contributed by atoms with Crippen LogP contribution in [-0.4, -0.2) is 24.2 Å². The zero-order valence-corrected chi connectivity index (χ0v) is 13.6. The molecule has 3 rings (SSSR count). The number of amides is 1. The lowest BCUT2D eigenvalue weighted by molar-refractivity contribution is 0.0931. The van der Waals surface area contributed by atoms with Gasteiger partial charge in [-0.25, -0.2) is 4.39 Å². The molecule has 0 fully saturated rings. The van der Waals surface area contributed by atoms with E-state index < -0.39 is 0 Å². The first-order chi connectivity index (χ1) is 11.6. The van der Waals surface area contributed by atoms with E-state index in [-0.39, 0.29) is 31.0 Å². The summed E-state index contributed by atoms with van der Waals surface area (Å²) in [7, 11) is 0. The second kappa shape index (κ2) is 7.20. The van der Waals surface area contributed by atoms with Crippen molar-refractivity contribution in [3.63, 3.8) is 0 Å². The monoisotopic (exact) mass is 349 g/mol. The van der Waals surface area contributed by atoms with Crippen molar-refractivity contribution in [3.8, 4) is 5.75 Å². The average molecular weight is 350 g/mol. The smallest absolute Gasteiger partial charge is 0.255 e. The van der Waals surface area contributed by atoms with Gasteiger partial charge in [-0.15, -0.1) is 0 Å². The molecule has 0 saturated carbocycles. The van der Waals surface area contributed by atoms with Crippen molar-refractivity contribution in [2.24, 2.45) is 0 Å². The van der Waals surface area contributed by atoms with Crippen LogP contribution in [0.5, 0.6) is 5.75 Å². The van der Waals surface area contributed by atoms with Crippen LogP contribution in [-0.2, 0) is 6.42 Å². The molecule has 0 heterocycles. The SMILES string of the molecule is O=C(N[C@@H]1CCc2c(F)cc(Cl)cc21)c1ccccc1OCCO. The standard InChI is InChI=1S/C18H17ClFNO3/c19-11-9-14-12(15(20)10-11)5-6-16(14)21-18(23)13-3-1-2-4-17(13)24-8-7-22/h1-4,9-10,16,22H,5-8H2,(H,21,23)/t16-/m1/s1. The van der Waals surface area contributed by atoms with Crippen molar-refractivity contribution < 1.29 is 19.0 Å². The van der Waals surface area contributed by atoms with Crippen molar-refractivity contribution in [2.45, 2.75) is 18.9 Å². The Kier molecular flexibility index (Phi) is 5.02. The third-order valence-electron chi connectivity index (χ3n) is 4.04. The highest BCUT2D eigenvalue weighted by Gasteiger charge is 2.28. The van der Waals surface area contributed by atoms with E-state index in [0.29, 0.717) is 34.7 Å². The molecule has 1 amide bonds. The van der Waals surface area contributed by atoms with Crippen molar-refractivity contribution in [1.82, 2.24) is 5.32 Å². The summed E-state index contributed by atoms with van der Waals surface area (Å²) >= 11 is 5.93. The molecule has 2 aromatic carbocycles. The number of para-hydroxylation sites is 1. The molecule has 2 N–H and O–H groups in total. The summed E-state index contributed by atoms with van der Waals surface area (Å²) in [5.74, 6) is -0.234. The van der Waals surface area contributed by atoms with Crippen LogP contribution in [0.3, 0.4) is 0 Å². The molecule has 0 aromatic heterocycles. The number of hydrogen-bond donors (Lipinski definition) is 2. The maximum absolute atomic E-state index is 13.9. The lowest BCUT2D eigenvalue weighted by Crippen LogP contribution is -2.27. The average Bonchev–Trinajstić information content (AvgIpc) is 2.96. The maximum atomic E-state index is 13.9. The predicted molar refractivity (Wildman–Crippen MR) is 89.0 cm³/mol. The van der Waals surface area contributed by atoms with Gasteiger partial charge in [0, 0.05) is 5.02 Å². The first kappa shape index (κ1) is 16.7. The summed E-state index contributed by atoms with van der Waals surface area (Å²) < 4.78 is 19.3. The summed E-state index contributed by atoms with van der Waals surface area (Å²) in [5.41, 5.74) is 1.71. The van der Waals surface area contributed by atoms with Gasteiger partial charge in [-0.1, -0.05) is 23.7 Å². The Balaban J connectivity index is 1.81. The van der Waals surface area contributed by atoms with E-state index in [1.807, 2.05) is 0 Å². The van der Waals surface area contributed by atoms with Gasteiger partial charge < -0.3 is 15.2 Å². The first-order valence-electron chi connectivity index (χ1n) is 7.71. The molecule has 4 nitrogen and oxygen atoms in total. The van der Waals surface area contributed by atoms with Crippen molar-refractivity contribution in [2.75, 3.05) is 13.2 Å². The van der Waals surface area contributed by atoms with Crippen molar-refractivity contribution in [3.05, 3.63) is 63.9 Å². The fraction of sp³-hybridized carbons (Fsp3) is 0.278. The molecule has 0 aliphatic heterocycles. The van der Waals surface area contributed by atoms with Crippen LogP contribution in [0, 0.1) is 5.82 Å². The zero-order chi connectivity index (χ0) is 17.1. The number of aliphatic hydroxyl groups is 1. The Bertz CT molecular complexity index is 766. The summed E-state index contributed by atoms with van der Waals surface area (Å²) in [6.07, 6.45) is 1.18. The number of carbonyl (C=O) groups is 1. The van der Waals surface area contributed by atoms with Crippen LogP contribution < -0.4 is 10.1 Å². The minimum atomic E-state index is -0.332. The van der Waals surface area contributed by atoms with Gasteiger partial charge in [0.05, 0.1) is 18.2 Å². The molecular formula is C18H17ClFNO3. The summed E-state index contributed by atoms with van der Waals surface area (Å²) in [6, 6.07) is 9.52. The maximum Gasteiger partial charge on any atom is 0.255 e. The molecule has 0 saturated heterocycles. The summed E-state index contributed by atoms with van der Waals surface area (Å²) in [6.45, 7) is -0.0267. The molecule has 0 spiro atoms. The van der Waals surface area contributed by atoms with Gasteiger partial charge in [0.2, 0.25) is 0 Å². The predicted octanol–water partition coefficient (Wildman–Crippen LogP) is 3.27. The van der Waals surface area contributed by atoms with Crippen LogP contribution in [0.2, 0.25) is 5.02 Å². The van der Waals surface area contributed by atoms with E-state index in [4.69, 9.17) is 21.4 Å². The van der Waals surface area contributed by atoms with Gasteiger partial charge in [-0.3, -0.25) is 4.79 Å². The molecule has 126 valence electrons. The fourth-order valence-corrected chi connectivity index (χ4v) is 3.18. The molecule has 6 heteroatoms. The normalized spacial score (nSPS) is 15.9. The number of carbonyl (C=O) groups excluding carboxylic acids is 1. The van der Waals surface area contributed by atoms with Crippen LogP contribution in [0.15, 0.2) is 36.4 Å². The van der Waals surface area contributed by atoms with E-state index in [1.54, 1.807) is 30.3 Å². The minimum Gasteiger partial charge on any atom is -0.490 e. The quantitative estimate of drug-likeness (QED) is 0.871. The first-order valence-corrected chi connectivity index (χ1v) is 8.09. The van der Waals surface area contributed by atoms with Crippen LogP contribution >= 0.6 is 11.6 Å². The Morgan fingerprint density at radius 2 is 2.17 bits per heavy atom. The molecule has 0 unspecified atom stereocenters. The largest absolute Gasteiger partial charge is 0.490 e. The van der Waals surface area contributed by atoms with E-state index in [0.717, 1.165) is 5.56 Å².